The van der Waals surface area contributed by atoms with E-state index >= 15 is 0 Å². The molecule has 0 amide bonds. The number of nitro groups is 1. The Hall–Kier alpha value is -1.66. The topological polar surface area (TPSA) is 78.7 Å². The molecule has 0 fully saturated rings. The average Bonchev–Trinajstić information content (AvgIpc) is 2.48. The largest absolute Gasteiger partial charge is 0.469 e. The van der Waals surface area contributed by atoms with E-state index in [1.165, 1.54) is 14.2 Å². The summed E-state index contributed by atoms with van der Waals surface area (Å²) in [6.45, 7) is 0. The number of hydrogen-bond acceptors (Lipinski definition) is 5. The average molecular weight is 316 g/mol. The van der Waals surface area contributed by atoms with Crippen molar-refractivity contribution in [1.82, 2.24) is 0 Å². The molecule has 0 aliphatic heterocycles. The van der Waals surface area contributed by atoms with Crippen molar-refractivity contribution in [2.24, 2.45) is 0 Å². The number of esters is 1. The third kappa shape index (κ3) is 5.69. The van der Waals surface area contributed by atoms with Gasteiger partial charge in [0.15, 0.2) is 0 Å². The van der Waals surface area contributed by atoms with Crippen LogP contribution in [-0.4, -0.2) is 31.2 Å². The lowest BCUT2D eigenvalue weighted by molar-refractivity contribution is -0.526. The van der Waals surface area contributed by atoms with Crippen LogP contribution in [0.1, 0.15) is 30.9 Å². The monoisotopic (exact) mass is 315 g/mol. The molecule has 0 saturated heterocycles. The minimum Gasteiger partial charge on any atom is -0.469 e. The molecule has 0 spiro atoms. The summed E-state index contributed by atoms with van der Waals surface area (Å²) < 4.78 is 9.83. The lowest BCUT2D eigenvalue weighted by Crippen LogP contribution is -2.24. The number of rotatable bonds is 8. The third-order valence-corrected chi connectivity index (χ3v) is 3.47. The molecule has 0 aliphatic carbocycles. The van der Waals surface area contributed by atoms with Crippen LogP contribution < -0.4 is 0 Å². The van der Waals surface area contributed by atoms with E-state index < -0.39 is 18.1 Å². The molecule has 21 heavy (non-hydrogen) atoms. The van der Waals surface area contributed by atoms with Crippen LogP contribution in [-0.2, 0) is 14.3 Å². The van der Waals surface area contributed by atoms with Gasteiger partial charge >= 0.3 is 5.97 Å². The smallest absolute Gasteiger partial charge is 0.305 e. The summed E-state index contributed by atoms with van der Waals surface area (Å²) in [6, 6.07) is 6.09. The van der Waals surface area contributed by atoms with Gasteiger partial charge in [0.2, 0.25) is 6.04 Å². The Labute approximate surface area is 128 Å². The second-order valence-electron chi connectivity index (χ2n) is 4.57. The first kappa shape index (κ1) is 17.4. The first-order valence-corrected chi connectivity index (χ1v) is 6.84. The van der Waals surface area contributed by atoms with Crippen molar-refractivity contribution >= 4 is 17.6 Å². The number of carbonyl (C=O) groups excluding carboxylic acids is 1. The molecular weight excluding hydrogens is 298 g/mol. The summed E-state index contributed by atoms with van der Waals surface area (Å²) in [7, 11) is 2.76. The molecule has 1 aromatic carbocycles. The molecule has 0 aromatic heterocycles. The summed E-state index contributed by atoms with van der Waals surface area (Å²) in [5.41, 5.74) is 0.812. The lowest BCUT2D eigenvalue weighted by Gasteiger charge is -2.18. The number of nitrogens with zero attached hydrogens (tertiary/aromatic N) is 1. The van der Waals surface area contributed by atoms with Crippen LogP contribution >= 0.6 is 11.6 Å². The number of halogens is 1. The third-order valence-electron chi connectivity index (χ3n) is 3.22. The molecule has 0 heterocycles. The van der Waals surface area contributed by atoms with Crippen molar-refractivity contribution in [1.29, 1.82) is 0 Å². The summed E-state index contributed by atoms with van der Waals surface area (Å²) >= 11 is 5.82. The molecule has 1 rings (SSSR count). The fourth-order valence-corrected chi connectivity index (χ4v) is 2.11. The standard InChI is InChI=1S/C14H18ClNO5/c1-20-13(10-3-5-11(15)6-4-10)9-12(16(18)19)7-8-14(17)21-2/h3-6,12-13H,7-9H2,1-2H3/t12-,13+/m0/s1. The Balaban J connectivity index is 2.72. The van der Waals surface area contributed by atoms with Crippen molar-refractivity contribution in [2.45, 2.75) is 31.4 Å². The van der Waals surface area contributed by atoms with Crippen molar-refractivity contribution in [2.75, 3.05) is 14.2 Å². The van der Waals surface area contributed by atoms with Crippen LogP contribution in [0, 0.1) is 10.1 Å². The Morgan fingerprint density at radius 3 is 2.43 bits per heavy atom. The van der Waals surface area contributed by atoms with Crippen LogP contribution in [0.15, 0.2) is 24.3 Å². The number of benzene rings is 1. The van der Waals surface area contributed by atoms with Crippen LogP contribution in [0.2, 0.25) is 5.02 Å². The van der Waals surface area contributed by atoms with Crippen LogP contribution in [0.5, 0.6) is 0 Å². The van der Waals surface area contributed by atoms with E-state index in [4.69, 9.17) is 16.3 Å². The van der Waals surface area contributed by atoms with Gasteiger partial charge in [0, 0.05) is 29.9 Å². The Morgan fingerprint density at radius 1 is 1.33 bits per heavy atom. The summed E-state index contributed by atoms with van der Waals surface area (Å²) in [5.74, 6) is -0.456. The van der Waals surface area contributed by atoms with E-state index in [0.29, 0.717) is 5.02 Å². The van der Waals surface area contributed by atoms with Gasteiger partial charge < -0.3 is 9.47 Å². The molecule has 7 heteroatoms. The maximum absolute atomic E-state index is 11.1. The first-order valence-electron chi connectivity index (χ1n) is 6.46. The van der Waals surface area contributed by atoms with Crippen molar-refractivity contribution < 1.29 is 19.2 Å². The van der Waals surface area contributed by atoms with Crippen LogP contribution in [0.3, 0.4) is 0 Å². The number of carbonyl (C=O) groups is 1. The van der Waals surface area contributed by atoms with E-state index in [9.17, 15) is 14.9 Å². The van der Waals surface area contributed by atoms with Crippen molar-refractivity contribution in [3.05, 3.63) is 45.0 Å². The highest BCUT2D eigenvalue weighted by Crippen LogP contribution is 2.26. The van der Waals surface area contributed by atoms with Gasteiger partial charge in [-0.1, -0.05) is 23.7 Å². The van der Waals surface area contributed by atoms with E-state index in [-0.39, 0.29) is 24.2 Å². The molecule has 0 aliphatic rings. The SMILES string of the molecule is COC(=O)CC[C@@H](C[C@@H](OC)c1ccc(Cl)cc1)[N+](=O)[O-]. The fourth-order valence-electron chi connectivity index (χ4n) is 1.99. The highest BCUT2D eigenvalue weighted by Gasteiger charge is 2.27. The fraction of sp³-hybridized carbons (Fsp3) is 0.500. The van der Waals surface area contributed by atoms with Crippen molar-refractivity contribution in [3.63, 3.8) is 0 Å². The highest BCUT2D eigenvalue weighted by atomic mass is 35.5. The van der Waals surface area contributed by atoms with Gasteiger partial charge in [-0.15, -0.1) is 0 Å². The minimum absolute atomic E-state index is 0.0131. The second kappa shape index (κ2) is 8.59. The van der Waals surface area contributed by atoms with Gasteiger partial charge in [0.05, 0.1) is 19.6 Å². The highest BCUT2D eigenvalue weighted by molar-refractivity contribution is 6.30. The van der Waals surface area contributed by atoms with Gasteiger partial charge in [-0.3, -0.25) is 14.9 Å². The zero-order valence-electron chi connectivity index (χ0n) is 12.0. The summed E-state index contributed by atoms with van der Waals surface area (Å²) in [4.78, 5) is 21.8. The normalized spacial score (nSPS) is 13.5. The molecule has 6 nitrogen and oxygen atoms in total. The number of methoxy groups -OCH3 is 2. The minimum atomic E-state index is -0.871. The maximum Gasteiger partial charge on any atom is 0.305 e. The zero-order valence-corrected chi connectivity index (χ0v) is 12.7. The molecule has 0 N–H and O–H groups in total. The molecule has 0 saturated carbocycles. The second-order valence-corrected chi connectivity index (χ2v) is 5.00. The van der Waals surface area contributed by atoms with E-state index in [0.717, 1.165) is 5.56 Å². The molecule has 116 valence electrons. The zero-order chi connectivity index (χ0) is 15.8. The lowest BCUT2D eigenvalue weighted by atomic mass is 9.99. The van der Waals surface area contributed by atoms with Crippen LogP contribution in [0.4, 0.5) is 0 Å². The molecule has 2 atom stereocenters. The van der Waals surface area contributed by atoms with Gasteiger partial charge in [-0.2, -0.15) is 0 Å². The Morgan fingerprint density at radius 2 is 1.95 bits per heavy atom. The quantitative estimate of drug-likeness (QED) is 0.418. The predicted octanol–water partition coefficient (Wildman–Crippen LogP) is 3.02. The first-order chi connectivity index (χ1) is 9.97. The van der Waals surface area contributed by atoms with Gasteiger partial charge in [0.25, 0.3) is 0 Å². The van der Waals surface area contributed by atoms with E-state index in [1.807, 2.05) is 0 Å². The van der Waals surface area contributed by atoms with Crippen molar-refractivity contribution in [3.8, 4) is 0 Å². The maximum atomic E-state index is 11.1. The van der Waals surface area contributed by atoms with Gasteiger partial charge in [-0.05, 0) is 17.7 Å². The summed E-state index contributed by atoms with van der Waals surface area (Å²) in [5, 5.41) is 11.7. The molecule has 0 bridgehead atoms. The van der Waals surface area contributed by atoms with Gasteiger partial charge in [-0.25, -0.2) is 0 Å². The summed E-state index contributed by atoms with van der Waals surface area (Å²) in [6.07, 6.45) is -0.107. The molecule has 0 unspecified atom stereocenters. The molecule has 0 radical (unpaired) electrons. The van der Waals surface area contributed by atoms with Crippen LogP contribution in [0.25, 0.3) is 0 Å². The van der Waals surface area contributed by atoms with E-state index in [1.54, 1.807) is 24.3 Å². The molecular formula is C14H18ClNO5. The van der Waals surface area contributed by atoms with E-state index in [2.05, 4.69) is 4.74 Å². The van der Waals surface area contributed by atoms with Gasteiger partial charge in [0.1, 0.15) is 0 Å². The Kier molecular flexibility index (Phi) is 7.11. The predicted molar refractivity (Wildman–Crippen MR) is 77.9 cm³/mol. The Bertz CT molecular complexity index is 477. The number of hydrogen-bond donors (Lipinski definition) is 0. The number of ether oxygens (including phenoxy) is 2. The molecule has 1 aromatic rings.